The molecule has 1 fully saturated rings. The molecule has 20 heavy (non-hydrogen) atoms. The van der Waals surface area contributed by atoms with Gasteiger partial charge in [-0.25, -0.2) is 0 Å². The summed E-state index contributed by atoms with van der Waals surface area (Å²) in [5.74, 6) is 0.852. The standard InChI is InChI=1S/C16H27BrN2S/c1-4-13(18)16(14-8-9-15(17)20-14)19(3)12-7-5-6-11(2)10-12/h8-9,11-13,16H,4-7,10,18H2,1-3H3. The largest absolute Gasteiger partial charge is 0.326 e. The lowest BCUT2D eigenvalue weighted by atomic mass is 9.85. The molecule has 4 atom stereocenters. The Morgan fingerprint density at radius 3 is 2.75 bits per heavy atom. The summed E-state index contributed by atoms with van der Waals surface area (Å²) in [6.07, 6.45) is 6.40. The molecule has 1 saturated carbocycles. The van der Waals surface area contributed by atoms with E-state index in [2.05, 4.69) is 53.9 Å². The molecule has 2 rings (SSSR count). The summed E-state index contributed by atoms with van der Waals surface area (Å²) in [4.78, 5) is 3.95. The lowest BCUT2D eigenvalue weighted by Crippen LogP contribution is -2.45. The first-order valence-corrected chi connectivity index (χ1v) is 9.36. The zero-order chi connectivity index (χ0) is 14.7. The van der Waals surface area contributed by atoms with Crippen LogP contribution in [0.15, 0.2) is 15.9 Å². The van der Waals surface area contributed by atoms with Crippen molar-refractivity contribution in [3.8, 4) is 0 Å². The van der Waals surface area contributed by atoms with E-state index in [0.717, 1.165) is 12.3 Å². The Bertz CT molecular complexity index is 420. The summed E-state index contributed by atoms with van der Waals surface area (Å²) in [6, 6.07) is 5.63. The highest BCUT2D eigenvalue weighted by Crippen LogP contribution is 2.37. The molecule has 2 nitrogen and oxygen atoms in total. The van der Waals surface area contributed by atoms with E-state index in [0.29, 0.717) is 12.1 Å². The van der Waals surface area contributed by atoms with Crippen LogP contribution >= 0.6 is 27.3 Å². The Morgan fingerprint density at radius 2 is 2.20 bits per heavy atom. The molecule has 4 unspecified atom stereocenters. The molecule has 1 aromatic rings. The van der Waals surface area contributed by atoms with Crippen LogP contribution in [0.25, 0.3) is 0 Å². The molecule has 114 valence electrons. The maximum atomic E-state index is 6.45. The topological polar surface area (TPSA) is 29.3 Å². The van der Waals surface area contributed by atoms with Crippen molar-refractivity contribution in [3.63, 3.8) is 0 Å². The highest BCUT2D eigenvalue weighted by Gasteiger charge is 2.31. The van der Waals surface area contributed by atoms with Crippen molar-refractivity contribution in [1.82, 2.24) is 4.90 Å². The molecule has 1 heterocycles. The highest BCUT2D eigenvalue weighted by atomic mass is 79.9. The van der Waals surface area contributed by atoms with Gasteiger partial charge in [-0.15, -0.1) is 11.3 Å². The fraction of sp³-hybridized carbons (Fsp3) is 0.750. The summed E-state index contributed by atoms with van der Waals surface area (Å²) < 4.78 is 1.20. The number of likely N-dealkylation sites (N-methyl/N-ethyl adjacent to an activating group) is 1. The molecule has 1 aliphatic carbocycles. The van der Waals surface area contributed by atoms with Gasteiger partial charge in [0.25, 0.3) is 0 Å². The lowest BCUT2D eigenvalue weighted by Gasteiger charge is -2.40. The van der Waals surface area contributed by atoms with E-state index in [1.165, 1.54) is 34.3 Å². The van der Waals surface area contributed by atoms with Crippen LogP contribution in [0.5, 0.6) is 0 Å². The zero-order valence-electron chi connectivity index (χ0n) is 12.8. The second-order valence-electron chi connectivity index (χ2n) is 6.25. The monoisotopic (exact) mass is 358 g/mol. The van der Waals surface area contributed by atoms with Crippen LogP contribution < -0.4 is 5.73 Å². The summed E-state index contributed by atoms with van der Waals surface area (Å²) in [5.41, 5.74) is 6.45. The average Bonchev–Trinajstić information content (AvgIpc) is 2.85. The van der Waals surface area contributed by atoms with E-state index < -0.39 is 0 Å². The van der Waals surface area contributed by atoms with E-state index in [4.69, 9.17) is 5.73 Å². The van der Waals surface area contributed by atoms with Gasteiger partial charge in [0, 0.05) is 17.0 Å². The zero-order valence-corrected chi connectivity index (χ0v) is 15.2. The van der Waals surface area contributed by atoms with E-state index in [1.54, 1.807) is 0 Å². The fourth-order valence-electron chi connectivity index (χ4n) is 3.42. The van der Waals surface area contributed by atoms with Crippen LogP contribution in [-0.4, -0.2) is 24.0 Å². The Kier molecular flexibility index (Phi) is 6.09. The molecule has 2 N–H and O–H groups in total. The number of rotatable bonds is 5. The molecular formula is C16H27BrN2S. The first kappa shape index (κ1) is 16.5. The van der Waals surface area contributed by atoms with Crippen molar-refractivity contribution in [2.24, 2.45) is 11.7 Å². The molecule has 0 radical (unpaired) electrons. The molecule has 0 saturated heterocycles. The Labute approximate surface area is 135 Å². The van der Waals surface area contributed by atoms with Gasteiger partial charge in [-0.05, 0) is 60.3 Å². The number of thiophene rings is 1. The predicted molar refractivity (Wildman–Crippen MR) is 92.2 cm³/mol. The summed E-state index contributed by atoms with van der Waals surface area (Å²) >= 11 is 5.41. The quantitative estimate of drug-likeness (QED) is 0.818. The molecule has 0 amide bonds. The van der Waals surface area contributed by atoms with Gasteiger partial charge in [0.15, 0.2) is 0 Å². The molecule has 0 aliphatic heterocycles. The van der Waals surface area contributed by atoms with Gasteiger partial charge < -0.3 is 5.73 Å². The summed E-state index contributed by atoms with van der Waals surface area (Å²) in [6.45, 7) is 4.58. The third-order valence-corrected chi connectivity index (χ3v) is 6.38. The second kappa shape index (κ2) is 7.39. The number of nitrogens with two attached hydrogens (primary N) is 1. The summed E-state index contributed by atoms with van der Waals surface area (Å²) in [5, 5.41) is 0. The van der Waals surface area contributed by atoms with Crippen LogP contribution in [0.4, 0.5) is 0 Å². The number of nitrogens with zero attached hydrogens (tertiary/aromatic N) is 1. The molecular weight excluding hydrogens is 332 g/mol. The van der Waals surface area contributed by atoms with Crippen molar-refractivity contribution >= 4 is 27.3 Å². The first-order valence-electron chi connectivity index (χ1n) is 7.75. The van der Waals surface area contributed by atoms with Crippen LogP contribution in [0, 0.1) is 5.92 Å². The Hall–Kier alpha value is 0.1000. The normalized spacial score (nSPS) is 26.7. The Balaban J connectivity index is 2.17. The average molecular weight is 359 g/mol. The van der Waals surface area contributed by atoms with E-state index in [9.17, 15) is 0 Å². The molecule has 1 aliphatic rings. The minimum atomic E-state index is 0.211. The predicted octanol–water partition coefficient (Wildman–Crippen LogP) is 4.80. The first-order chi connectivity index (χ1) is 9.52. The van der Waals surface area contributed by atoms with Crippen LogP contribution in [0.2, 0.25) is 0 Å². The van der Waals surface area contributed by atoms with Crippen LogP contribution in [0.3, 0.4) is 0 Å². The van der Waals surface area contributed by atoms with Gasteiger partial charge in [-0.3, -0.25) is 4.90 Å². The third-order valence-electron chi connectivity index (χ3n) is 4.69. The molecule has 0 spiro atoms. The smallest absolute Gasteiger partial charge is 0.0702 e. The lowest BCUT2D eigenvalue weighted by molar-refractivity contribution is 0.104. The van der Waals surface area contributed by atoms with Gasteiger partial charge in [0.05, 0.1) is 9.83 Å². The van der Waals surface area contributed by atoms with Gasteiger partial charge in [-0.2, -0.15) is 0 Å². The number of halogens is 1. The number of hydrogen-bond acceptors (Lipinski definition) is 3. The maximum Gasteiger partial charge on any atom is 0.0702 e. The van der Waals surface area contributed by atoms with E-state index in [-0.39, 0.29) is 6.04 Å². The van der Waals surface area contributed by atoms with E-state index >= 15 is 0 Å². The minimum absolute atomic E-state index is 0.211. The third kappa shape index (κ3) is 3.85. The van der Waals surface area contributed by atoms with Crippen molar-refractivity contribution in [3.05, 3.63) is 20.8 Å². The summed E-state index contributed by atoms with van der Waals surface area (Å²) in [7, 11) is 2.27. The maximum absolute atomic E-state index is 6.45. The molecule has 0 aromatic carbocycles. The highest BCUT2D eigenvalue weighted by molar-refractivity contribution is 9.11. The van der Waals surface area contributed by atoms with Crippen LogP contribution in [-0.2, 0) is 0 Å². The molecule has 0 bridgehead atoms. The molecule has 4 heteroatoms. The molecule has 1 aromatic heterocycles. The van der Waals surface area contributed by atoms with E-state index in [1.807, 2.05) is 11.3 Å². The SMILES string of the molecule is CCC(N)C(c1ccc(Br)s1)N(C)C1CCCC(C)C1. The fourth-order valence-corrected chi connectivity index (χ4v) is 5.08. The van der Waals surface area contributed by atoms with Crippen molar-refractivity contribution in [1.29, 1.82) is 0 Å². The van der Waals surface area contributed by atoms with Gasteiger partial charge >= 0.3 is 0 Å². The van der Waals surface area contributed by atoms with Crippen LogP contribution in [0.1, 0.15) is 56.9 Å². The van der Waals surface area contributed by atoms with Gasteiger partial charge in [0.1, 0.15) is 0 Å². The van der Waals surface area contributed by atoms with Gasteiger partial charge in [-0.1, -0.05) is 26.7 Å². The Morgan fingerprint density at radius 1 is 1.45 bits per heavy atom. The minimum Gasteiger partial charge on any atom is -0.326 e. The van der Waals surface area contributed by atoms with Crippen molar-refractivity contribution < 1.29 is 0 Å². The van der Waals surface area contributed by atoms with Crippen molar-refractivity contribution in [2.45, 2.75) is 64.1 Å². The van der Waals surface area contributed by atoms with Gasteiger partial charge in [0.2, 0.25) is 0 Å². The second-order valence-corrected chi connectivity index (χ2v) is 8.74. The van der Waals surface area contributed by atoms with Crippen molar-refractivity contribution in [2.75, 3.05) is 7.05 Å². The number of hydrogen-bond donors (Lipinski definition) is 1.